The van der Waals surface area contributed by atoms with Crippen LogP contribution in [0.1, 0.15) is 27.3 Å². The zero-order chi connectivity index (χ0) is 26.0. The average Bonchev–Trinajstić information content (AvgIpc) is 3.28. The summed E-state index contributed by atoms with van der Waals surface area (Å²) in [4.78, 5) is 51.0. The third kappa shape index (κ3) is 4.80. The number of para-hydroxylation sites is 2. The van der Waals surface area contributed by atoms with Crippen LogP contribution in [0.25, 0.3) is 11.8 Å². The minimum Gasteiger partial charge on any atom is -0.465 e. The van der Waals surface area contributed by atoms with Gasteiger partial charge in [-0.05, 0) is 67.6 Å². The number of imide groups is 1. The molecule has 1 fully saturated rings. The fraction of sp³-hybridized carbons (Fsp3) is 0.154. The maximum absolute atomic E-state index is 13.8. The molecule has 2 heterocycles. The molecule has 1 saturated heterocycles. The van der Waals surface area contributed by atoms with E-state index >= 15 is 0 Å². The first-order chi connectivity index (χ1) is 17.2. The molecule has 1 aliphatic rings. The summed E-state index contributed by atoms with van der Waals surface area (Å²) >= 11 is 0.720. The number of nitrogens with zero attached hydrogens (tertiary/aromatic N) is 2. The second-order valence-electron chi connectivity index (χ2n) is 7.97. The fourth-order valence-electron chi connectivity index (χ4n) is 3.93. The lowest BCUT2D eigenvalue weighted by Crippen LogP contribution is -2.36. The molecule has 0 bridgehead atoms. The highest BCUT2D eigenvalue weighted by Crippen LogP contribution is 2.34. The number of carbonyl (C=O) groups excluding carboxylic acids is 4. The Hall–Kier alpha value is -4.18. The molecular weight excluding hydrogens is 485 g/mol. The number of carbonyl (C=O) groups is 4. The Morgan fingerprint density at radius 2 is 1.78 bits per heavy atom. The van der Waals surface area contributed by atoms with Gasteiger partial charge in [0.25, 0.3) is 11.1 Å². The molecule has 36 heavy (non-hydrogen) atoms. The van der Waals surface area contributed by atoms with Gasteiger partial charge in [0.1, 0.15) is 12.4 Å². The Morgan fingerprint density at radius 1 is 1.08 bits per heavy atom. The number of halogens is 1. The number of ether oxygens (including phenoxy) is 1. The van der Waals surface area contributed by atoms with Gasteiger partial charge in [0.2, 0.25) is 5.91 Å². The van der Waals surface area contributed by atoms with Gasteiger partial charge in [-0.3, -0.25) is 19.3 Å². The third-order valence-corrected chi connectivity index (χ3v) is 6.54. The molecule has 1 aliphatic heterocycles. The number of hydrogen-bond acceptors (Lipinski definition) is 6. The van der Waals surface area contributed by atoms with Gasteiger partial charge in [-0.25, -0.2) is 9.18 Å². The molecule has 1 aromatic heterocycles. The number of amides is 3. The number of anilines is 1. The zero-order valence-corrected chi connectivity index (χ0v) is 20.5. The summed E-state index contributed by atoms with van der Waals surface area (Å²) in [5.74, 6) is -2.41. The van der Waals surface area contributed by atoms with Crippen molar-refractivity contribution in [1.82, 2.24) is 9.47 Å². The van der Waals surface area contributed by atoms with Gasteiger partial charge in [0, 0.05) is 11.4 Å². The first-order valence-corrected chi connectivity index (χ1v) is 11.7. The molecule has 184 valence electrons. The molecule has 1 N–H and O–H groups in total. The molecule has 8 nitrogen and oxygen atoms in total. The molecule has 2 aromatic carbocycles. The molecule has 0 saturated carbocycles. The van der Waals surface area contributed by atoms with Crippen molar-refractivity contribution in [2.75, 3.05) is 19.0 Å². The third-order valence-electron chi connectivity index (χ3n) is 5.63. The van der Waals surface area contributed by atoms with Crippen molar-refractivity contribution in [3.05, 3.63) is 87.8 Å². The van der Waals surface area contributed by atoms with Crippen LogP contribution in [-0.2, 0) is 14.3 Å². The normalized spacial score (nSPS) is 14.4. The van der Waals surface area contributed by atoms with Crippen molar-refractivity contribution >= 4 is 46.5 Å². The summed E-state index contributed by atoms with van der Waals surface area (Å²) in [5.41, 5.74) is 3.19. The second kappa shape index (κ2) is 10.2. The van der Waals surface area contributed by atoms with E-state index in [4.69, 9.17) is 4.74 Å². The number of thioether (sulfide) groups is 1. The summed E-state index contributed by atoms with van der Waals surface area (Å²) in [5, 5.41) is 1.77. The van der Waals surface area contributed by atoms with Gasteiger partial charge in [-0.1, -0.05) is 24.3 Å². The number of rotatable bonds is 6. The highest BCUT2D eigenvalue weighted by Gasteiger charge is 2.36. The number of esters is 1. The highest BCUT2D eigenvalue weighted by molar-refractivity contribution is 8.18. The molecule has 0 radical (unpaired) electrons. The number of aryl methyl sites for hydroxylation is 1. The van der Waals surface area contributed by atoms with E-state index in [2.05, 4.69) is 5.32 Å². The Balaban J connectivity index is 1.58. The van der Waals surface area contributed by atoms with E-state index in [0.717, 1.165) is 28.0 Å². The topological polar surface area (TPSA) is 97.7 Å². The summed E-state index contributed by atoms with van der Waals surface area (Å²) in [6, 6.07) is 14.4. The van der Waals surface area contributed by atoms with Crippen molar-refractivity contribution in [3.8, 4) is 5.69 Å². The molecule has 3 aromatic rings. The Bertz CT molecular complexity index is 1430. The van der Waals surface area contributed by atoms with Gasteiger partial charge >= 0.3 is 5.97 Å². The quantitative estimate of drug-likeness (QED) is 0.384. The van der Waals surface area contributed by atoms with Crippen LogP contribution < -0.4 is 5.32 Å². The van der Waals surface area contributed by atoms with Gasteiger partial charge < -0.3 is 14.6 Å². The molecule has 3 amide bonds. The van der Waals surface area contributed by atoms with E-state index in [1.54, 1.807) is 36.4 Å². The van der Waals surface area contributed by atoms with E-state index in [1.165, 1.54) is 25.3 Å². The minimum atomic E-state index is -0.693. The predicted octanol–water partition coefficient (Wildman–Crippen LogP) is 4.69. The highest BCUT2D eigenvalue weighted by atomic mass is 32.2. The van der Waals surface area contributed by atoms with Crippen molar-refractivity contribution in [2.45, 2.75) is 13.8 Å². The van der Waals surface area contributed by atoms with Gasteiger partial charge in [0.15, 0.2) is 0 Å². The number of nitrogens with one attached hydrogen (secondary N) is 1. The van der Waals surface area contributed by atoms with Crippen LogP contribution in [0.4, 0.5) is 14.9 Å². The predicted molar refractivity (Wildman–Crippen MR) is 134 cm³/mol. The number of hydrogen-bond donors (Lipinski definition) is 1. The van der Waals surface area contributed by atoms with Crippen LogP contribution >= 0.6 is 11.8 Å². The van der Waals surface area contributed by atoms with Crippen LogP contribution in [0, 0.1) is 19.7 Å². The monoisotopic (exact) mass is 507 g/mol. The fourth-order valence-corrected chi connectivity index (χ4v) is 4.76. The Morgan fingerprint density at radius 3 is 2.50 bits per heavy atom. The molecule has 4 rings (SSSR count). The zero-order valence-electron chi connectivity index (χ0n) is 19.7. The average molecular weight is 508 g/mol. The summed E-state index contributed by atoms with van der Waals surface area (Å²) < 4.78 is 20.6. The van der Waals surface area contributed by atoms with E-state index in [1.807, 2.05) is 24.5 Å². The van der Waals surface area contributed by atoms with Crippen molar-refractivity contribution in [1.29, 1.82) is 0 Å². The molecule has 0 aliphatic carbocycles. The standard InChI is InChI=1S/C26H22FN3O5S/c1-15-12-17(16(2)30(15)21-11-7-4-8-18(21)25(33)35-3)13-22-24(32)29(26(34)36-22)14-23(31)28-20-10-6-5-9-19(20)27/h4-13H,14H2,1-3H3,(H,28,31)/b22-13-. The summed E-state index contributed by atoms with van der Waals surface area (Å²) in [6.07, 6.45) is 1.58. The molecule has 0 unspecified atom stereocenters. The molecule has 0 spiro atoms. The lowest BCUT2D eigenvalue weighted by Gasteiger charge is -2.13. The van der Waals surface area contributed by atoms with Crippen LogP contribution in [0.3, 0.4) is 0 Å². The van der Waals surface area contributed by atoms with E-state index < -0.39 is 35.4 Å². The Labute approximate surface area is 210 Å². The minimum absolute atomic E-state index is 0.0373. The van der Waals surface area contributed by atoms with Crippen LogP contribution in [0.15, 0.2) is 59.5 Å². The molecular formula is C26H22FN3O5S. The van der Waals surface area contributed by atoms with Crippen LogP contribution in [0.5, 0.6) is 0 Å². The molecule has 10 heteroatoms. The SMILES string of the molecule is COC(=O)c1ccccc1-n1c(C)cc(/C=C2\SC(=O)N(CC(=O)Nc3ccccc3F)C2=O)c1C. The van der Waals surface area contributed by atoms with Crippen molar-refractivity contribution in [2.24, 2.45) is 0 Å². The number of methoxy groups -OCH3 is 1. The van der Waals surface area contributed by atoms with Gasteiger partial charge in [-0.15, -0.1) is 0 Å². The number of benzene rings is 2. The maximum atomic E-state index is 13.8. The number of aromatic nitrogens is 1. The smallest absolute Gasteiger partial charge is 0.339 e. The van der Waals surface area contributed by atoms with E-state index in [0.29, 0.717) is 16.8 Å². The largest absolute Gasteiger partial charge is 0.465 e. The van der Waals surface area contributed by atoms with E-state index in [-0.39, 0.29) is 10.6 Å². The first-order valence-electron chi connectivity index (χ1n) is 10.9. The van der Waals surface area contributed by atoms with Crippen molar-refractivity contribution in [3.63, 3.8) is 0 Å². The van der Waals surface area contributed by atoms with E-state index in [9.17, 15) is 23.6 Å². The molecule has 0 atom stereocenters. The second-order valence-corrected chi connectivity index (χ2v) is 8.96. The Kier molecular flexibility index (Phi) is 7.07. The van der Waals surface area contributed by atoms with Gasteiger partial charge in [-0.2, -0.15) is 0 Å². The maximum Gasteiger partial charge on any atom is 0.339 e. The van der Waals surface area contributed by atoms with Crippen LogP contribution in [0.2, 0.25) is 0 Å². The summed E-state index contributed by atoms with van der Waals surface area (Å²) in [6.45, 7) is 3.15. The van der Waals surface area contributed by atoms with Gasteiger partial charge in [0.05, 0.1) is 29.0 Å². The lowest BCUT2D eigenvalue weighted by atomic mass is 10.1. The van der Waals surface area contributed by atoms with Crippen molar-refractivity contribution < 1.29 is 28.3 Å². The lowest BCUT2D eigenvalue weighted by molar-refractivity contribution is -0.127. The first kappa shape index (κ1) is 24.9. The van der Waals surface area contributed by atoms with Crippen LogP contribution in [-0.4, -0.2) is 46.1 Å². The summed E-state index contributed by atoms with van der Waals surface area (Å²) in [7, 11) is 1.31.